The lowest BCUT2D eigenvalue weighted by Gasteiger charge is -2.31. The minimum atomic E-state index is -0.551. The number of nitrogen functional groups attached to an aromatic ring is 3. The van der Waals surface area contributed by atoms with Crippen molar-refractivity contribution in [2.45, 2.75) is 77.6 Å². The van der Waals surface area contributed by atoms with Crippen LogP contribution in [-0.4, -0.2) is 49.8 Å². The van der Waals surface area contributed by atoms with Gasteiger partial charge in [0.1, 0.15) is 28.2 Å². The molecular formula is C32H37N13. The maximum Gasteiger partial charge on any atom is 0.222 e. The molecule has 6 N–H and O–H groups in total. The van der Waals surface area contributed by atoms with E-state index >= 15 is 0 Å². The molecule has 230 valence electrons. The summed E-state index contributed by atoms with van der Waals surface area (Å²) in [6, 6.07) is 5.32. The van der Waals surface area contributed by atoms with E-state index in [2.05, 4.69) is 73.4 Å². The van der Waals surface area contributed by atoms with Crippen molar-refractivity contribution < 1.29 is 0 Å². The highest BCUT2D eigenvalue weighted by molar-refractivity contribution is 5.76. The van der Waals surface area contributed by atoms with Crippen molar-refractivity contribution in [2.75, 3.05) is 17.2 Å². The summed E-state index contributed by atoms with van der Waals surface area (Å²) < 4.78 is 0. The fourth-order valence-corrected chi connectivity index (χ4v) is 5.56. The van der Waals surface area contributed by atoms with Gasteiger partial charge in [0.05, 0.1) is 46.4 Å². The zero-order valence-corrected chi connectivity index (χ0v) is 26.6. The molecule has 6 rings (SSSR count). The van der Waals surface area contributed by atoms with Crippen molar-refractivity contribution in [3.8, 4) is 0 Å². The van der Waals surface area contributed by atoms with E-state index in [0.717, 1.165) is 28.5 Å². The number of nitrogens with zero attached hydrogens (tertiary/aromatic N) is 10. The molecule has 6 aromatic heterocycles. The number of hydrogen-bond acceptors (Lipinski definition) is 13. The molecule has 0 atom stereocenters. The second-order valence-electron chi connectivity index (χ2n) is 13.8. The number of fused-ring (bicyclic) bond motifs is 3. The van der Waals surface area contributed by atoms with Gasteiger partial charge in [0.2, 0.25) is 5.95 Å². The van der Waals surface area contributed by atoms with E-state index in [-0.39, 0.29) is 11.4 Å². The van der Waals surface area contributed by atoms with Crippen LogP contribution in [0.4, 0.5) is 17.6 Å². The van der Waals surface area contributed by atoms with Gasteiger partial charge in [0.25, 0.3) is 0 Å². The van der Waals surface area contributed by atoms with E-state index in [1.54, 1.807) is 30.7 Å². The van der Waals surface area contributed by atoms with Crippen LogP contribution in [0.1, 0.15) is 76.9 Å². The lowest BCUT2D eigenvalue weighted by molar-refractivity contribution is 0.453. The van der Waals surface area contributed by atoms with Gasteiger partial charge < -0.3 is 17.2 Å². The summed E-state index contributed by atoms with van der Waals surface area (Å²) in [6.45, 7) is 14.8. The second-order valence-corrected chi connectivity index (χ2v) is 13.8. The Morgan fingerprint density at radius 3 is 1.93 bits per heavy atom. The zero-order chi connectivity index (χ0) is 32.3. The van der Waals surface area contributed by atoms with Gasteiger partial charge in [0, 0.05) is 41.3 Å². The molecule has 0 radical (unpaired) electrons. The monoisotopic (exact) mass is 603 g/mol. The Morgan fingerprint density at radius 2 is 1.18 bits per heavy atom. The number of pyridine rings is 2. The lowest BCUT2D eigenvalue weighted by Crippen LogP contribution is -2.31. The van der Waals surface area contributed by atoms with E-state index in [1.165, 1.54) is 0 Å². The van der Waals surface area contributed by atoms with E-state index in [1.807, 2.05) is 6.07 Å². The maximum atomic E-state index is 6.06. The topological polar surface area (TPSA) is 207 Å². The zero-order valence-electron chi connectivity index (χ0n) is 26.6. The highest BCUT2D eigenvalue weighted by atomic mass is 15.1. The summed E-state index contributed by atoms with van der Waals surface area (Å²) in [5.74, 6) is 0.930. The van der Waals surface area contributed by atoms with Gasteiger partial charge in [-0.15, -0.1) is 0 Å². The molecule has 0 amide bonds. The Bertz CT molecular complexity index is 2100. The molecule has 6 aromatic rings. The first-order valence-electron chi connectivity index (χ1n) is 14.7. The molecule has 0 bridgehead atoms. The molecule has 0 aliphatic heterocycles. The predicted molar refractivity (Wildman–Crippen MR) is 175 cm³/mol. The third kappa shape index (κ3) is 5.85. The van der Waals surface area contributed by atoms with Crippen LogP contribution in [0.3, 0.4) is 0 Å². The first kappa shape index (κ1) is 29.9. The molecule has 0 aliphatic rings. The van der Waals surface area contributed by atoms with Crippen molar-refractivity contribution in [2.24, 2.45) is 0 Å². The molecule has 0 fully saturated rings. The highest BCUT2D eigenvalue weighted by Gasteiger charge is 2.35. The third-order valence-electron chi connectivity index (χ3n) is 7.85. The molecule has 0 aromatic carbocycles. The quantitative estimate of drug-likeness (QED) is 0.244. The summed E-state index contributed by atoms with van der Waals surface area (Å²) in [7, 11) is 0. The van der Waals surface area contributed by atoms with Crippen molar-refractivity contribution in [3.05, 3.63) is 65.3 Å². The van der Waals surface area contributed by atoms with Crippen LogP contribution in [0.25, 0.3) is 33.4 Å². The van der Waals surface area contributed by atoms with E-state index in [9.17, 15) is 0 Å². The molecule has 6 heterocycles. The minimum Gasteiger partial charge on any atom is -0.384 e. The second kappa shape index (κ2) is 10.5. The van der Waals surface area contributed by atoms with Crippen molar-refractivity contribution in [1.82, 2.24) is 49.8 Å². The van der Waals surface area contributed by atoms with Crippen LogP contribution in [0.5, 0.6) is 0 Å². The van der Waals surface area contributed by atoms with Gasteiger partial charge in [-0.2, -0.15) is 4.98 Å². The average Bonchev–Trinajstić information content (AvgIpc) is 2.95. The van der Waals surface area contributed by atoms with E-state index in [4.69, 9.17) is 42.1 Å². The van der Waals surface area contributed by atoms with Gasteiger partial charge in [0.15, 0.2) is 11.3 Å². The number of nitrogens with two attached hydrogens (primary N) is 3. The molecule has 0 saturated heterocycles. The van der Waals surface area contributed by atoms with Crippen molar-refractivity contribution in [3.63, 3.8) is 0 Å². The molecule has 13 nitrogen and oxygen atoms in total. The number of hydrogen-bond donors (Lipinski definition) is 3. The van der Waals surface area contributed by atoms with Gasteiger partial charge in [-0.05, 0) is 12.1 Å². The summed E-state index contributed by atoms with van der Waals surface area (Å²) >= 11 is 0. The van der Waals surface area contributed by atoms with Crippen LogP contribution in [0, 0.1) is 0 Å². The number of aromatic nitrogens is 10. The van der Waals surface area contributed by atoms with Gasteiger partial charge in [-0.25, -0.2) is 39.9 Å². The van der Waals surface area contributed by atoms with E-state index < -0.39 is 10.8 Å². The molecular weight excluding hydrogens is 566 g/mol. The number of rotatable bonds is 6. The minimum absolute atomic E-state index is 0.159. The fourth-order valence-electron chi connectivity index (χ4n) is 5.56. The van der Waals surface area contributed by atoms with E-state index in [0.29, 0.717) is 57.8 Å². The smallest absolute Gasteiger partial charge is 0.222 e. The van der Waals surface area contributed by atoms with Gasteiger partial charge >= 0.3 is 0 Å². The maximum absolute atomic E-state index is 6.06. The predicted octanol–water partition coefficient (Wildman–Crippen LogP) is 4.18. The largest absolute Gasteiger partial charge is 0.384 e. The Labute approximate surface area is 260 Å². The van der Waals surface area contributed by atoms with Crippen molar-refractivity contribution in [1.29, 1.82) is 0 Å². The SMILES string of the molecule is CC(C)(C)c1nc2nc(N)ncc2nc1CC(C)(C)c1nc2nc(N)ccc2nc1CC(C)(C)c1cnc2cnc(N)cc2n1. The molecule has 0 aliphatic carbocycles. The van der Waals surface area contributed by atoms with Crippen LogP contribution in [-0.2, 0) is 29.1 Å². The summed E-state index contributed by atoms with van der Waals surface area (Å²) in [5, 5.41) is 0. The number of anilines is 3. The Morgan fingerprint density at radius 1 is 0.533 bits per heavy atom. The Kier molecular flexibility index (Phi) is 6.94. The Hall–Kier alpha value is -5.20. The van der Waals surface area contributed by atoms with Crippen molar-refractivity contribution >= 4 is 50.9 Å². The fraction of sp³-hybridized carbons (Fsp3) is 0.375. The molecule has 0 saturated carbocycles. The normalized spacial score (nSPS) is 12.8. The molecule has 13 heteroatoms. The molecule has 0 unspecified atom stereocenters. The van der Waals surface area contributed by atoms with Gasteiger partial charge in [-0.1, -0.05) is 48.5 Å². The van der Waals surface area contributed by atoms with Crippen LogP contribution < -0.4 is 17.2 Å². The average molecular weight is 604 g/mol. The van der Waals surface area contributed by atoms with Crippen LogP contribution in [0.15, 0.2) is 36.8 Å². The third-order valence-corrected chi connectivity index (χ3v) is 7.85. The first-order chi connectivity index (χ1) is 21.1. The molecule has 0 spiro atoms. The van der Waals surface area contributed by atoms with Crippen LogP contribution in [0.2, 0.25) is 0 Å². The summed E-state index contributed by atoms with van der Waals surface area (Å²) in [4.78, 5) is 46.8. The molecule has 45 heavy (non-hydrogen) atoms. The summed E-state index contributed by atoms with van der Waals surface area (Å²) in [6.07, 6.45) is 6.08. The van der Waals surface area contributed by atoms with Crippen LogP contribution >= 0.6 is 0 Å². The lowest BCUT2D eigenvalue weighted by atomic mass is 9.76. The summed E-state index contributed by atoms with van der Waals surface area (Å²) in [5.41, 5.74) is 24.2. The standard InChI is InChI=1S/C32H37N13/c1-30(2,3)25-18(40-21-14-38-29(35)45-28(21)43-25)12-32(6,7)26-19(39-16-8-9-23(33)42-27(16)44-26)11-31(4,5)22-15-36-20-13-37-24(34)10-17(20)41-22/h8-10,13-15H,11-12H2,1-7H3,(H2,34,37)(H2,33,42,44)(H2,35,38,43,45). The highest BCUT2D eigenvalue weighted by Crippen LogP contribution is 2.36. The Balaban J connectivity index is 1.47. The first-order valence-corrected chi connectivity index (χ1v) is 14.7. The van der Waals surface area contributed by atoms with Gasteiger partial charge in [-0.3, -0.25) is 4.98 Å².